The van der Waals surface area contributed by atoms with E-state index in [1.165, 1.54) is 0 Å². The van der Waals surface area contributed by atoms with E-state index in [9.17, 15) is 9.90 Å². The summed E-state index contributed by atoms with van der Waals surface area (Å²) in [7, 11) is 0. The summed E-state index contributed by atoms with van der Waals surface area (Å²) in [6.07, 6.45) is 6.73. The molecule has 0 amide bonds. The van der Waals surface area contributed by atoms with Crippen LogP contribution in [0.25, 0.3) is 5.82 Å². The molecular formula is C20H29N5O2. The van der Waals surface area contributed by atoms with Crippen molar-refractivity contribution in [2.45, 2.75) is 83.0 Å². The van der Waals surface area contributed by atoms with Crippen molar-refractivity contribution in [3.63, 3.8) is 0 Å². The van der Waals surface area contributed by atoms with Gasteiger partial charge >= 0.3 is 0 Å². The van der Waals surface area contributed by atoms with E-state index in [2.05, 4.69) is 15.5 Å². The number of hydrogen-bond donors (Lipinski definition) is 2. The Balaban J connectivity index is 1.46. The lowest BCUT2D eigenvalue weighted by Gasteiger charge is -2.32. The average Bonchev–Trinajstić information content (AvgIpc) is 3.21. The number of nitrogens with one attached hydrogen (secondary N) is 1. The van der Waals surface area contributed by atoms with Crippen LogP contribution in [0.2, 0.25) is 0 Å². The molecule has 2 saturated carbocycles. The Labute approximate surface area is 159 Å². The van der Waals surface area contributed by atoms with Crippen LogP contribution in [0, 0.1) is 13.8 Å². The van der Waals surface area contributed by atoms with Gasteiger partial charge in [-0.15, -0.1) is 5.10 Å². The maximum atomic E-state index is 12.4. The van der Waals surface area contributed by atoms with E-state index in [-0.39, 0.29) is 23.7 Å². The topological polar surface area (TPSA) is 85.0 Å². The number of aliphatic hydroxyl groups is 1. The van der Waals surface area contributed by atoms with Crippen molar-refractivity contribution in [2.24, 2.45) is 0 Å². The summed E-state index contributed by atoms with van der Waals surface area (Å²) in [6.45, 7) is 3.94. The monoisotopic (exact) mass is 371 g/mol. The van der Waals surface area contributed by atoms with Crippen molar-refractivity contribution >= 4 is 0 Å². The van der Waals surface area contributed by atoms with Gasteiger partial charge in [-0.2, -0.15) is 5.10 Å². The van der Waals surface area contributed by atoms with Gasteiger partial charge in [-0.25, -0.2) is 9.36 Å². The third-order valence-corrected chi connectivity index (χ3v) is 6.01. The first-order chi connectivity index (χ1) is 13.0. The lowest BCUT2D eigenvalue weighted by Crippen LogP contribution is -2.44. The van der Waals surface area contributed by atoms with Crippen molar-refractivity contribution in [3.8, 4) is 5.82 Å². The first-order valence-electron chi connectivity index (χ1n) is 10.1. The van der Waals surface area contributed by atoms with Gasteiger partial charge in [0.15, 0.2) is 5.82 Å². The Morgan fingerprint density at radius 2 is 1.85 bits per heavy atom. The molecule has 0 spiro atoms. The number of aryl methyl sites for hydroxylation is 2. The van der Waals surface area contributed by atoms with Crippen LogP contribution in [0.4, 0.5) is 0 Å². The van der Waals surface area contributed by atoms with Crippen molar-refractivity contribution in [1.29, 1.82) is 0 Å². The van der Waals surface area contributed by atoms with E-state index in [1.807, 2.05) is 19.9 Å². The molecule has 0 aliphatic heterocycles. The van der Waals surface area contributed by atoms with Gasteiger partial charge in [0.1, 0.15) is 0 Å². The van der Waals surface area contributed by atoms with E-state index in [4.69, 9.17) is 0 Å². The maximum absolute atomic E-state index is 12.4. The van der Waals surface area contributed by atoms with Gasteiger partial charge in [-0.3, -0.25) is 4.79 Å². The molecule has 2 N–H and O–H groups in total. The molecule has 27 heavy (non-hydrogen) atoms. The minimum atomic E-state index is -0.204. The van der Waals surface area contributed by atoms with E-state index < -0.39 is 0 Å². The summed E-state index contributed by atoms with van der Waals surface area (Å²) in [5.74, 6) is 0.689. The van der Waals surface area contributed by atoms with Gasteiger partial charge in [-0.1, -0.05) is 0 Å². The zero-order valence-corrected chi connectivity index (χ0v) is 16.1. The minimum absolute atomic E-state index is 0.0529. The normalized spacial score (nSPS) is 28.6. The zero-order valence-electron chi connectivity index (χ0n) is 16.1. The van der Waals surface area contributed by atoms with Gasteiger partial charge in [0, 0.05) is 23.8 Å². The molecule has 7 heteroatoms. The van der Waals surface area contributed by atoms with Crippen LogP contribution in [0.15, 0.2) is 23.0 Å². The van der Waals surface area contributed by atoms with Gasteiger partial charge in [0.2, 0.25) is 0 Å². The second-order valence-corrected chi connectivity index (χ2v) is 8.09. The molecule has 2 fully saturated rings. The molecule has 7 nitrogen and oxygen atoms in total. The minimum Gasteiger partial charge on any atom is -0.392 e. The third kappa shape index (κ3) is 3.84. The van der Waals surface area contributed by atoms with Gasteiger partial charge in [-0.05, 0) is 70.9 Å². The molecule has 0 saturated heterocycles. The predicted molar refractivity (Wildman–Crippen MR) is 103 cm³/mol. The summed E-state index contributed by atoms with van der Waals surface area (Å²) in [5, 5.41) is 22.8. The van der Waals surface area contributed by atoms with Crippen molar-refractivity contribution in [1.82, 2.24) is 24.9 Å². The highest BCUT2D eigenvalue weighted by Crippen LogP contribution is 2.29. The summed E-state index contributed by atoms with van der Waals surface area (Å²) in [4.78, 5) is 12.4. The quantitative estimate of drug-likeness (QED) is 0.859. The van der Waals surface area contributed by atoms with Gasteiger partial charge < -0.3 is 10.4 Å². The molecule has 4 rings (SSSR count). The highest BCUT2D eigenvalue weighted by molar-refractivity contribution is 5.24. The van der Waals surface area contributed by atoms with E-state index in [1.54, 1.807) is 21.5 Å². The third-order valence-electron chi connectivity index (χ3n) is 6.01. The Hall–Kier alpha value is -1.99. The fraction of sp³-hybridized carbons (Fsp3) is 0.650. The second-order valence-electron chi connectivity index (χ2n) is 8.09. The number of hydrogen-bond acceptors (Lipinski definition) is 5. The number of aliphatic hydroxyl groups excluding tert-OH is 1. The molecule has 0 bridgehead atoms. The van der Waals surface area contributed by atoms with Crippen LogP contribution in [0.3, 0.4) is 0 Å². The molecule has 0 aromatic carbocycles. The molecule has 0 radical (unpaired) electrons. The second kappa shape index (κ2) is 7.56. The Kier molecular flexibility index (Phi) is 5.14. The molecule has 2 heterocycles. The average molecular weight is 371 g/mol. The zero-order chi connectivity index (χ0) is 19.0. The van der Waals surface area contributed by atoms with Crippen molar-refractivity contribution in [2.75, 3.05) is 0 Å². The smallest absolute Gasteiger partial charge is 0.267 e. The maximum Gasteiger partial charge on any atom is 0.267 e. The fourth-order valence-corrected chi connectivity index (χ4v) is 4.58. The largest absolute Gasteiger partial charge is 0.392 e. The lowest BCUT2D eigenvalue weighted by molar-refractivity contribution is 0.134. The van der Waals surface area contributed by atoms with Gasteiger partial charge in [0.25, 0.3) is 5.56 Å². The van der Waals surface area contributed by atoms with Crippen LogP contribution >= 0.6 is 0 Å². The molecule has 2 aliphatic carbocycles. The molecule has 2 atom stereocenters. The first-order valence-corrected chi connectivity index (χ1v) is 10.1. The molecular weight excluding hydrogens is 342 g/mol. The Bertz CT molecular complexity index is 850. The summed E-state index contributed by atoms with van der Waals surface area (Å²) in [5.41, 5.74) is 1.89. The molecule has 2 aromatic rings. The first kappa shape index (κ1) is 18.4. The van der Waals surface area contributed by atoms with Crippen LogP contribution in [-0.4, -0.2) is 42.9 Å². The van der Waals surface area contributed by atoms with Crippen LogP contribution in [0.1, 0.15) is 62.4 Å². The molecule has 146 valence electrons. The van der Waals surface area contributed by atoms with Crippen LogP contribution < -0.4 is 10.9 Å². The summed E-state index contributed by atoms with van der Waals surface area (Å²) >= 11 is 0. The molecule has 2 unspecified atom stereocenters. The lowest BCUT2D eigenvalue weighted by atomic mass is 9.90. The van der Waals surface area contributed by atoms with E-state index in [0.29, 0.717) is 11.9 Å². The number of rotatable bonds is 4. The Morgan fingerprint density at radius 3 is 2.48 bits per heavy atom. The highest BCUT2D eigenvalue weighted by Gasteiger charge is 2.30. The van der Waals surface area contributed by atoms with E-state index in [0.717, 1.165) is 56.3 Å². The predicted octanol–water partition coefficient (Wildman–Crippen LogP) is 2.03. The molecule has 2 aliphatic rings. The fourth-order valence-electron chi connectivity index (χ4n) is 4.58. The number of aromatic nitrogens is 4. The van der Waals surface area contributed by atoms with Crippen LogP contribution in [0.5, 0.6) is 0 Å². The summed E-state index contributed by atoms with van der Waals surface area (Å²) < 4.78 is 3.44. The van der Waals surface area contributed by atoms with Gasteiger partial charge in [0.05, 0.1) is 17.8 Å². The molecule has 2 aromatic heterocycles. The summed E-state index contributed by atoms with van der Waals surface area (Å²) in [6, 6.07) is 6.13. The van der Waals surface area contributed by atoms with Crippen molar-refractivity contribution in [3.05, 3.63) is 39.9 Å². The SMILES string of the molecule is Cc1cc(C)n(-c2ccc(=O)n(C3CCC(NC4CCCC4O)CC3)n2)n1. The van der Waals surface area contributed by atoms with E-state index >= 15 is 0 Å². The highest BCUT2D eigenvalue weighted by atomic mass is 16.3. The van der Waals surface area contributed by atoms with Crippen molar-refractivity contribution < 1.29 is 5.11 Å². The van der Waals surface area contributed by atoms with Crippen LogP contribution in [-0.2, 0) is 0 Å². The Morgan fingerprint density at radius 1 is 1.07 bits per heavy atom. The number of nitrogens with zero attached hydrogens (tertiary/aromatic N) is 4. The standard InChI is InChI=1S/C20H29N5O2/c1-13-12-14(2)24(22-13)19-10-11-20(27)25(23-19)16-8-6-15(7-9-16)21-17-4-3-5-18(17)26/h10-12,15-18,21,26H,3-9H2,1-2H3.